The van der Waals surface area contributed by atoms with Gasteiger partial charge in [0, 0.05) is 24.4 Å². The zero-order valence-corrected chi connectivity index (χ0v) is 11.1. The van der Waals surface area contributed by atoms with E-state index in [1.165, 1.54) is 11.6 Å². The first-order chi connectivity index (χ1) is 9.60. The molecule has 0 amide bonds. The van der Waals surface area contributed by atoms with Gasteiger partial charge in [-0.25, -0.2) is 0 Å². The summed E-state index contributed by atoms with van der Waals surface area (Å²) in [5.41, 5.74) is 2.34. The molecule has 0 aliphatic rings. The van der Waals surface area contributed by atoms with Crippen LogP contribution in [0.15, 0.2) is 42.5 Å². The molecule has 0 aliphatic heterocycles. The van der Waals surface area contributed by atoms with Gasteiger partial charge < -0.3 is 5.32 Å². The fourth-order valence-electron chi connectivity index (χ4n) is 1.86. The fraction of sp³-hybridized carbons (Fsp3) is 0.200. The Labute approximate surface area is 116 Å². The Bertz CT molecular complexity index is 612. The highest BCUT2D eigenvalue weighted by Gasteiger charge is 2.13. The minimum Gasteiger partial charge on any atom is -0.381 e. The first-order valence-electron chi connectivity index (χ1n) is 6.35. The first kappa shape index (κ1) is 14.0. The highest BCUT2D eigenvalue weighted by molar-refractivity contribution is 5.49. The number of anilines is 1. The van der Waals surface area contributed by atoms with Crippen molar-refractivity contribution in [1.29, 1.82) is 0 Å². The highest BCUT2D eigenvalue weighted by atomic mass is 19.1. The molecule has 2 aromatic rings. The van der Waals surface area contributed by atoms with Crippen LogP contribution < -0.4 is 5.32 Å². The van der Waals surface area contributed by atoms with Gasteiger partial charge in [0.1, 0.15) is 0 Å². The van der Waals surface area contributed by atoms with Crippen molar-refractivity contribution in [3.63, 3.8) is 0 Å². The van der Waals surface area contributed by atoms with E-state index in [1.54, 1.807) is 0 Å². The quantitative estimate of drug-likeness (QED) is 0.664. The second-order valence-electron chi connectivity index (χ2n) is 4.45. The van der Waals surface area contributed by atoms with Gasteiger partial charge in [0.15, 0.2) is 0 Å². The molecule has 104 valence electrons. The lowest BCUT2D eigenvalue weighted by Crippen LogP contribution is -2.01. The Morgan fingerprint density at radius 3 is 2.35 bits per heavy atom. The molecule has 2 aromatic carbocycles. The van der Waals surface area contributed by atoms with Crippen LogP contribution in [0.3, 0.4) is 0 Å². The van der Waals surface area contributed by atoms with Crippen molar-refractivity contribution in [1.82, 2.24) is 0 Å². The Morgan fingerprint density at radius 1 is 1.15 bits per heavy atom. The lowest BCUT2D eigenvalue weighted by atomic mass is 10.1. The third-order valence-electron chi connectivity index (χ3n) is 3.07. The first-order valence-corrected chi connectivity index (χ1v) is 6.35. The maximum absolute atomic E-state index is 13.4. The van der Waals surface area contributed by atoms with E-state index in [9.17, 15) is 14.5 Å². The number of nitrogens with zero attached hydrogens (tertiary/aromatic N) is 1. The predicted octanol–water partition coefficient (Wildman–Crippen LogP) is 3.91. The summed E-state index contributed by atoms with van der Waals surface area (Å²) in [6.07, 6.45) is 0.987. The van der Waals surface area contributed by atoms with Gasteiger partial charge >= 0.3 is 5.69 Å². The summed E-state index contributed by atoms with van der Waals surface area (Å²) in [7, 11) is 0. The number of hydrogen-bond acceptors (Lipinski definition) is 3. The SMILES string of the molecule is CCc1ccc(CNc2ccc([N+](=O)[O-])c(F)c2)cc1. The second kappa shape index (κ2) is 6.14. The molecule has 0 spiro atoms. The number of halogens is 1. The summed E-state index contributed by atoms with van der Waals surface area (Å²) in [5, 5.41) is 13.6. The number of rotatable bonds is 5. The zero-order chi connectivity index (χ0) is 14.5. The maximum atomic E-state index is 13.4. The summed E-state index contributed by atoms with van der Waals surface area (Å²) in [4.78, 5) is 9.78. The third-order valence-corrected chi connectivity index (χ3v) is 3.07. The summed E-state index contributed by atoms with van der Waals surface area (Å²) in [6, 6.07) is 11.9. The molecular formula is C15H15FN2O2. The standard InChI is InChI=1S/C15H15FN2O2/c1-2-11-3-5-12(6-4-11)10-17-13-7-8-15(18(19)20)14(16)9-13/h3-9,17H,2,10H2,1H3. The van der Waals surface area contributed by atoms with Crippen LogP contribution in [-0.2, 0) is 13.0 Å². The van der Waals surface area contributed by atoms with Crippen molar-refractivity contribution in [3.05, 3.63) is 69.5 Å². The summed E-state index contributed by atoms with van der Waals surface area (Å²) in [6.45, 7) is 2.63. The average Bonchev–Trinajstić information content (AvgIpc) is 2.45. The lowest BCUT2D eigenvalue weighted by Gasteiger charge is -2.07. The molecule has 5 heteroatoms. The molecule has 20 heavy (non-hydrogen) atoms. The molecule has 2 rings (SSSR count). The van der Waals surface area contributed by atoms with Crippen LogP contribution in [0, 0.1) is 15.9 Å². The molecule has 0 aliphatic carbocycles. The molecule has 0 atom stereocenters. The lowest BCUT2D eigenvalue weighted by molar-refractivity contribution is -0.387. The fourth-order valence-corrected chi connectivity index (χ4v) is 1.86. The van der Waals surface area contributed by atoms with Gasteiger partial charge in [0.05, 0.1) is 4.92 Å². The molecule has 0 unspecified atom stereocenters. The normalized spacial score (nSPS) is 10.3. The number of benzene rings is 2. The van der Waals surface area contributed by atoms with Crippen molar-refractivity contribution in [2.24, 2.45) is 0 Å². The minimum atomic E-state index is -0.832. The molecule has 0 fully saturated rings. The van der Waals surface area contributed by atoms with Crippen LogP contribution >= 0.6 is 0 Å². The van der Waals surface area contributed by atoms with Crippen molar-refractivity contribution in [2.75, 3.05) is 5.32 Å². The smallest absolute Gasteiger partial charge is 0.304 e. The van der Waals surface area contributed by atoms with Crippen molar-refractivity contribution < 1.29 is 9.31 Å². The van der Waals surface area contributed by atoms with Gasteiger partial charge in [0.2, 0.25) is 5.82 Å². The number of nitro benzene ring substituents is 1. The highest BCUT2D eigenvalue weighted by Crippen LogP contribution is 2.21. The Hall–Kier alpha value is -2.43. The van der Waals surface area contributed by atoms with E-state index < -0.39 is 16.4 Å². The molecular weight excluding hydrogens is 259 g/mol. The topological polar surface area (TPSA) is 55.2 Å². The molecule has 0 radical (unpaired) electrons. The van der Waals surface area contributed by atoms with Crippen LogP contribution in [0.1, 0.15) is 18.1 Å². The summed E-state index contributed by atoms with van der Waals surface area (Å²) < 4.78 is 13.4. The van der Waals surface area contributed by atoms with Gasteiger partial charge in [-0.3, -0.25) is 10.1 Å². The van der Waals surface area contributed by atoms with Crippen LogP contribution in [0.4, 0.5) is 15.8 Å². The maximum Gasteiger partial charge on any atom is 0.304 e. The molecule has 0 saturated heterocycles. The van der Waals surface area contributed by atoms with E-state index in [0.29, 0.717) is 12.2 Å². The number of hydrogen-bond donors (Lipinski definition) is 1. The summed E-state index contributed by atoms with van der Waals surface area (Å²) in [5.74, 6) is -0.832. The van der Waals surface area contributed by atoms with E-state index in [4.69, 9.17) is 0 Å². The van der Waals surface area contributed by atoms with Gasteiger partial charge in [-0.15, -0.1) is 0 Å². The van der Waals surface area contributed by atoms with Crippen LogP contribution in [-0.4, -0.2) is 4.92 Å². The largest absolute Gasteiger partial charge is 0.381 e. The zero-order valence-electron chi connectivity index (χ0n) is 11.1. The van der Waals surface area contributed by atoms with Gasteiger partial charge in [-0.05, 0) is 23.6 Å². The van der Waals surface area contributed by atoms with Crippen molar-refractivity contribution in [3.8, 4) is 0 Å². The molecule has 0 aromatic heterocycles. The average molecular weight is 274 g/mol. The Balaban J connectivity index is 2.03. The van der Waals surface area contributed by atoms with Gasteiger partial charge in [-0.2, -0.15) is 4.39 Å². The van der Waals surface area contributed by atoms with Gasteiger partial charge in [-0.1, -0.05) is 31.2 Å². The van der Waals surface area contributed by atoms with E-state index in [-0.39, 0.29) is 0 Å². The van der Waals surface area contributed by atoms with E-state index >= 15 is 0 Å². The van der Waals surface area contributed by atoms with Gasteiger partial charge in [0.25, 0.3) is 0 Å². The van der Waals surface area contributed by atoms with Crippen LogP contribution in [0.25, 0.3) is 0 Å². The minimum absolute atomic E-state index is 0.511. The van der Waals surface area contributed by atoms with Crippen molar-refractivity contribution >= 4 is 11.4 Å². The Morgan fingerprint density at radius 2 is 1.80 bits per heavy atom. The monoisotopic (exact) mass is 274 g/mol. The predicted molar refractivity (Wildman–Crippen MR) is 76.2 cm³/mol. The Kier molecular flexibility index (Phi) is 4.30. The molecule has 0 saturated carbocycles. The van der Waals surface area contributed by atoms with Crippen LogP contribution in [0.5, 0.6) is 0 Å². The molecule has 0 heterocycles. The van der Waals surface area contributed by atoms with E-state index in [2.05, 4.69) is 12.2 Å². The van der Waals surface area contributed by atoms with Crippen LogP contribution in [0.2, 0.25) is 0 Å². The summed E-state index contributed by atoms with van der Waals surface area (Å²) >= 11 is 0. The molecule has 0 bridgehead atoms. The van der Waals surface area contributed by atoms with E-state index in [1.807, 2.05) is 24.3 Å². The molecule has 1 N–H and O–H groups in total. The van der Waals surface area contributed by atoms with Crippen molar-refractivity contribution in [2.45, 2.75) is 19.9 Å². The number of nitro groups is 1. The number of nitrogens with one attached hydrogen (secondary N) is 1. The third kappa shape index (κ3) is 3.32. The second-order valence-corrected chi connectivity index (χ2v) is 4.45. The number of aryl methyl sites for hydroxylation is 1. The van der Waals surface area contributed by atoms with E-state index in [0.717, 1.165) is 24.1 Å². The molecule has 4 nitrogen and oxygen atoms in total.